The van der Waals surface area contributed by atoms with Gasteiger partial charge in [-0.3, -0.25) is 9.59 Å². The van der Waals surface area contributed by atoms with Crippen molar-refractivity contribution in [2.24, 2.45) is 0 Å². The first kappa shape index (κ1) is 70.3. The molecule has 0 spiro atoms. The molecule has 8 atom stereocenters. The number of carbonyl (C=O) groups is 2. The summed E-state index contributed by atoms with van der Waals surface area (Å²) < 4.78 is 17.6. The van der Waals surface area contributed by atoms with Gasteiger partial charge >= 0.3 is 5.97 Å². The summed E-state index contributed by atoms with van der Waals surface area (Å²) in [4.78, 5) is 26.5. The molecule has 1 amide bonds. The van der Waals surface area contributed by atoms with E-state index in [0.717, 1.165) is 109 Å². The summed E-state index contributed by atoms with van der Waals surface area (Å²) in [7, 11) is 0. The zero-order chi connectivity index (χ0) is 55.4. The van der Waals surface area contributed by atoms with Gasteiger partial charge in [0.2, 0.25) is 5.91 Å². The molecule has 1 aliphatic rings. The summed E-state index contributed by atoms with van der Waals surface area (Å²) in [5.74, 6) is -1.26. The molecule has 434 valence electrons. The number of amides is 1. The molecular weight excluding hydrogens is 955 g/mol. The molecule has 0 aromatic heterocycles. The third-order valence-electron chi connectivity index (χ3n) is 13.4. The maximum Gasteiger partial charge on any atom is 0.306 e. The highest BCUT2D eigenvalue weighted by Crippen LogP contribution is 2.26. The molecule has 11 heteroatoms. The Bertz CT molecular complexity index is 1650. The van der Waals surface area contributed by atoms with Crippen LogP contribution in [0.1, 0.15) is 226 Å². The Balaban J connectivity index is 2.75. The Kier molecular flexibility index (Phi) is 48.2. The van der Waals surface area contributed by atoms with Crippen LogP contribution in [0.5, 0.6) is 0 Å². The van der Waals surface area contributed by atoms with Crippen molar-refractivity contribution in [1.82, 2.24) is 5.32 Å². The lowest BCUT2D eigenvalue weighted by molar-refractivity contribution is -0.305. The summed E-state index contributed by atoms with van der Waals surface area (Å²) in [6.45, 7) is 5.59. The average molecular weight is 1060 g/mol. The Hall–Kier alpha value is -3.68. The number of esters is 1. The molecule has 76 heavy (non-hydrogen) atoms. The normalized spacial score (nSPS) is 19.9. The monoisotopic (exact) mass is 1060 g/mol. The molecule has 0 aliphatic carbocycles. The van der Waals surface area contributed by atoms with Crippen molar-refractivity contribution in [1.29, 1.82) is 0 Å². The molecule has 1 rings (SSSR count). The minimum absolute atomic E-state index is 0.0992. The lowest BCUT2D eigenvalue weighted by Crippen LogP contribution is -2.61. The Morgan fingerprint density at radius 1 is 0.539 bits per heavy atom. The van der Waals surface area contributed by atoms with Gasteiger partial charge in [0, 0.05) is 6.42 Å². The fourth-order valence-electron chi connectivity index (χ4n) is 8.65. The zero-order valence-electron chi connectivity index (χ0n) is 47.8. The van der Waals surface area contributed by atoms with E-state index in [1.165, 1.54) is 64.2 Å². The molecule has 0 bridgehead atoms. The summed E-state index contributed by atoms with van der Waals surface area (Å²) in [6.07, 6.45) is 59.8. The topological polar surface area (TPSA) is 175 Å². The molecule has 0 saturated carbocycles. The number of ether oxygens (including phenoxy) is 3. The largest absolute Gasteiger partial charge is 0.454 e. The smallest absolute Gasteiger partial charge is 0.306 e. The van der Waals surface area contributed by atoms with E-state index >= 15 is 0 Å². The fraction of sp³-hybridized carbons (Fsp3) is 0.692. The fourth-order valence-corrected chi connectivity index (χ4v) is 8.65. The van der Waals surface area contributed by atoms with Crippen LogP contribution in [0.3, 0.4) is 0 Å². The Labute approximate surface area is 462 Å². The predicted molar refractivity (Wildman–Crippen MR) is 315 cm³/mol. The first-order valence-electron chi connectivity index (χ1n) is 30.2. The standard InChI is InChI=1S/C65H109NO10/c1-4-7-10-13-16-19-22-25-27-28-29-30-31-33-34-37-40-43-46-49-52-58(69)64(73)66-56(57(68)51-48-45-42-39-36-24-21-18-15-12-9-6-3)55-74-65-63(62(72)61(71)59(54-67)75-65)76-60(70)53-50-47-44-41-38-35-32-26-23-20-17-14-11-8-5-2/h7,10,16-17,19-20,23,25-27,29-30,33-34,40,43,48,51,56-59,61-63,65,67-69,71-72H,4-6,8-9,11-15,18,21-22,24,28,31-32,35-39,41-42,44-47,49-50,52-55H2,1-3H3,(H,66,73)/b10-7-,19-16-,20-17+,26-23+,27-25-,30-29-,34-33-,43-40-,51-48+. The van der Waals surface area contributed by atoms with E-state index < -0.39 is 67.4 Å². The first-order chi connectivity index (χ1) is 37.2. The number of rotatable bonds is 49. The third kappa shape index (κ3) is 39.6. The third-order valence-corrected chi connectivity index (χ3v) is 13.4. The van der Waals surface area contributed by atoms with Gasteiger partial charge in [0.25, 0.3) is 0 Å². The van der Waals surface area contributed by atoms with Crippen molar-refractivity contribution in [2.45, 2.75) is 275 Å². The van der Waals surface area contributed by atoms with Gasteiger partial charge in [-0.25, -0.2) is 0 Å². The number of unbranched alkanes of at least 4 members (excludes halogenated alkanes) is 20. The van der Waals surface area contributed by atoms with E-state index in [4.69, 9.17) is 14.2 Å². The molecule has 0 aromatic rings. The number of aliphatic hydroxyl groups excluding tert-OH is 5. The van der Waals surface area contributed by atoms with Crippen molar-refractivity contribution in [3.8, 4) is 0 Å². The van der Waals surface area contributed by atoms with Gasteiger partial charge < -0.3 is 45.1 Å². The van der Waals surface area contributed by atoms with Gasteiger partial charge in [0.15, 0.2) is 12.4 Å². The van der Waals surface area contributed by atoms with Crippen LogP contribution in [0, 0.1) is 0 Å². The molecule has 6 N–H and O–H groups in total. The van der Waals surface area contributed by atoms with Gasteiger partial charge in [-0.2, -0.15) is 0 Å². The number of hydrogen-bond acceptors (Lipinski definition) is 10. The van der Waals surface area contributed by atoms with Crippen molar-refractivity contribution < 1.29 is 49.3 Å². The number of carbonyl (C=O) groups excluding carboxylic acids is 2. The molecular formula is C65H109NO10. The number of hydrogen-bond donors (Lipinski definition) is 6. The molecule has 8 unspecified atom stereocenters. The second kappa shape index (κ2) is 52.0. The average Bonchev–Trinajstić information content (AvgIpc) is 3.42. The molecule has 1 heterocycles. The summed E-state index contributed by atoms with van der Waals surface area (Å²) in [6, 6.07) is -1.06. The summed E-state index contributed by atoms with van der Waals surface area (Å²) in [5, 5.41) is 56.9. The Morgan fingerprint density at radius 2 is 0.987 bits per heavy atom. The van der Waals surface area contributed by atoms with Crippen LogP contribution < -0.4 is 5.32 Å². The highest BCUT2D eigenvalue weighted by atomic mass is 16.7. The van der Waals surface area contributed by atoms with Gasteiger partial charge in [0.05, 0.1) is 25.4 Å². The van der Waals surface area contributed by atoms with Crippen molar-refractivity contribution in [2.75, 3.05) is 13.2 Å². The minimum Gasteiger partial charge on any atom is -0.454 e. The van der Waals surface area contributed by atoms with Gasteiger partial charge in [-0.05, 0) is 103 Å². The molecule has 0 aromatic carbocycles. The molecule has 11 nitrogen and oxygen atoms in total. The maximum atomic E-state index is 13.4. The van der Waals surface area contributed by atoms with Gasteiger partial charge in [-0.15, -0.1) is 0 Å². The zero-order valence-corrected chi connectivity index (χ0v) is 47.8. The van der Waals surface area contributed by atoms with Crippen LogP contribution in [0.2, 0.25) is 0 Å². The van der Waals surface area contributed by atoms with Crippen LogP contribution in [0.4, 0.5) is 0 Å². The quantitative estimate of drug-likeness (QED) is 0.0149. The van der Waals surface area contributed by atoms with Crippen LogP contribution in [-0.2, 0) is 23.8 Å². The van der Waals surface area contributed by atoms with E-state index in [-0.39, 0.29) is 19.4 Å². The number of allylic oxidation sites excluding steroid dienone is 17. The van der Waals surface area contributed by atoms with Crippen LogP contribution in [0.15, 0.2) is 109 Å². The maximum absolute atomic E-state index is 13.4. The van der Waals surface area contributed by atoms with Crippen LogP contribution in [0.25, 0.3) is 0 Å². The lowest BCUT2D eigenvalue weighted by Gasteiger charge is -2.41. The van der Waals surface area contributed by atoms with Crippen molar-refractivity contribution in [3.63, 3.8) is 0 Å². The van der Waals surface area contributed by atoms with E-state index in [1.54, 1.807) is 6.08 Å². The van der Waals surface area contributed by atoms with Crippen LogP contribution >= 0.6 is 0 Å². The van der Waals surface area contributed by atoms with E-state index in [9.17, 15) is 35.1 Å². The predicted octanol–water partition coefficient (Wildman–Crippen LogP) is 14.1. The second-order valence-electron chi connectivity index (χ2n) is 20.4. The Morgan fingerprint density at radius 3 is 1.51 bits per heavy atom. The van der Waals surface area contributed by atoms with Crippen molar-refractivity contribution in [3.05, 3.63) is 109 Å². The summed E-state index contributed by atoms with van der Waals surface area (Å²) in [5.41, 5.74) is 0. The van der Waals surface area contributed by atoms with Crippen LogP contribution in [-0.4, -0.2) is 99.6 Å². The van der Waals surface area contributed by atoms with Crippen molar-refractivity contribution >= 4 is 11.9 Å². The molecule has 0 radical (unpaired) electrons. The molecule has 1 aliphatic heterocycles. The highest BCUT2D eigenvalue weighted by Gasteiger charge is 2.47. The van der Waals surface area contributed by atoms with E-state index in [2.05, 4.69) is 117 Å². The van der Waals surface area contributed by atoms with Gasteiger partial charge in [-0.1, -0.05) is 226 Å². The van der Waals surface area contributed by atoms with E-state index in [0.29, 0.717) is 19.3 Å². The first-order valence-corrected chi connectivity index (χ1v) is 30.2. The van der Waals surface area contributed by atoms with E-state index in [1.807, 2.05) is 12.2 Å². The summed E-state index contributed by atoms with van der Waals surface area (Å²) >= 11 is 0. The second-order valence-corrected chi connectivity index (χ2v) is 20.4. The van der Waals surface area contributed by atoms with Gasteiger partial charge in [0.1, 0.15) is 24.4 Å². The minimum atomic E-state index is -1.63. The SMILES string of the molecule is CC/C=C\C/C=C\C/C=C\C/C=C\C/C=C\C/C=C\CCCC(O)C(=O)NC(COC1OC(CO)C(O)C(O)C1OC(=O)CCCCCCCC/C=C/C=C/CCCCC)C(O)/C=C/CCCCCCCCCCCC. The number of nitrogens with one attached hydrogen (secondary N) is 1. The highest BCUT2D eigenvalue weighted by molar-refractivity contribution is 5.80. The number of aliphatic hydroxyl groups is 5. The molecule has 1 saturated heterocycles. The molecule has 1 fully saturated rings. The lowest BCUT2D eigenvalue weighted by atomic mass is 9.99.